The van der Waals surface area contributed by atoms with Gasteiger partial charge in [0.15, 0.2) is 0 Å². The number of nitrogens with one attached hydrogen (secondary N) is 2. The molecular formula is C19H22N2O2S. The Balaban J connectivity index is 1.82. The molecule has 126 valence electrons. The standard InChI is InChI=1S/C19H22N2O2S/c1-13-9-10-17(14(2)11-13)21-19(23)15(3)24-12-18(22)20-16-7-5-4-6-8-16/h4-11,15H,12H2,1-3H3,(H,20,22)(H,21,23)/t15-/m1/s1. The van der Waals surface area contributed by atoms with Crippen LogP contribution in [0.3, 0.4) is 0 Å². The van der Waals surface area contributed by atoms with E-state index >= 15 is 0 Å². The van der Waals surface area contributed by atoms with E-state index in [9.17, 15) is 9.59 Å². The molecular weight excluding hydrogens is 320 g/mol. The number of rotatable bonds is 6. The van der Waals surface area contributed by atoms with Gasteiger partial charge in [0.2, 0.25) is 11.8 Å². The van der Waals surface area contributed by atoms with E-state index < -0.39 is 0 Å². The number of hydrogen-bond acceptors (Lipinski definition) is 3. The molecule has 0 aromatic heterocycles. The Morgan fingerprint density at radius 2 is 1.75 bits per heavy atom. The Labute approximate surface area is 147 Å². The molecule has 2 amide bonds. The van der Waals surface area contributed by atoms with E-state index in [1.807, 2.05) is 62.4 Å². The molecule has 0 bridgehead atoms. The third kappa shape index (κ3) is 5.42. The summed E-state index contributed by atoms with van der Waals surface area (Å²) in [6, 6.07) is 15.2. The average molecular weight is 342 g/mol. The summed E-state index contributed by atoms with van der Waals surface area (Å²) in [6.45, 7) is 5.79. The number of amides is 2. The highest BCUT2D eigenvalue weighted by Crippen LogP contribution is 2.19. The smallest absolute Gasteiger partial charge is 0.237 e. The number of benzene rings is 2. The highest BCUT2D eigenvalue weighted by molar-refractivity contribution is 8.01. The van der Waals surface area contributed by atoms with E-state index in [4.69, 9.17) is 0 Å². The predicted molar refractivity (Wildman–Crippen MR) is 102 cm³/mol. The second kappa shape index (κ2) is 8.55. The lowest BCUT2D eigenvalue weighted by molar-refractivity contribution is -0.115. The minimum Gasteiger partial charge on any atom is -0.325 e. The van der Waals surface area contributed by atoms with Gasteiger partial charge in [-0.3, -0.25) is 9.59 Å². The van der Waals surface area contributed by atoms with Crippen LogP contribution in [0.1, 0.15) is 18.1 Å². The number of para-hydroxylation sites is 1. The van der Waals surface area contributed by atoms with Crippen LogP contribution in [0.15, 0.2) is 48.5 Å². The van der Waals surface area contributed by atoms with E-state index in [-0.39, 0.29) is 22.8 Å². The number of thioether (sulfide) groups is 1. The minimum absolute atomic E-state index is 0.0977. The van der Waals surface area contributed by atoms with Crippen molar-refractivity contribution < 1.29 is 9.59 Å². The summed E-state index contributed by atoms with van der Waals surface area (Å²) in [5.74, 6) is 0.0212. The maximum absolute atomic E-state index is 12.3. The molecule has 0 unspecified atom stereocenters. The van der Waals surface area contributed by atoms with Gasteiger partial charge < -0.3 is 10.6 Å². The number of hydrogen-bond donors (Lipinski definition) is 2. The number of carbonyl (C=O) groups is 2. The van der Waals surface area contributed by atoms with E-state index in [1.54, 1.807) is 6.92 Å². The summed E-state index contributed by atoms with van der Waals surface area (Å²) >= 11 is 1.32. The molecule has 2 aromatic carbocycles. The fourth-order valence-electron chi connectivity index (χ4n) is 2.18. The van der Waals surface area contributed by atoms with Gasteiger partial charge in [-0.05, 0) is 44.5 Å². The highest BCUT2D eigenvalue weighted by Gasteiger charge is 2.16. The largest absolute Gasteiger partial charge is 0.325 e. The van der Waals surface area contributed by atoms with Crippen LogP contribution in [0.5, 0.6) is 0 Å². The molecule has 5 heteroatoms. The highest BCUT2D eigenvalue weighted by atomic mass is 32.2. The van der Waals surface area contributed by atoms with Gasteiger partial charge >= 0.3 is 0 Å². The van der Waals surface area contributed by atoms with Crippen LogP contribution < -0.4 is 10.6 Å². The third-order valence-corrected chi connectivity index (χ3v) is 4.67. The van der Waals surface area contributed by atoms with E-state index in [0.717, 1.165) is 22.5 Å². The van der Waals surface area contributed by atoms with Gasteiger partial charge in [0.05, 0.1) is 11.0 Å². The van der Waals surface area contributed by atoms with Gasteiger partial charge in [-0.2, -0.15) is 0 Å². The van der Waals surface area contributed by atoms with Gasteiger partial charge in [0.1, 0.15) is 0 Å². The topological polar surface area (TPSA) is 58.2 Å². The first-order chi connectivity index (χ1) is 11.5. The summed E-state index contributed by atoms with van der Waals surface area (Å²) in [7, 11) is 0. The number of aryl methyl sites for hydroxylation is 2. The van der Waals surface area contributed by atoms with Crippen LogP contribution in [0.25, 0.3) is 0 Å². The van der Waals surface area contributed by atoms with Crippen molar-refractivity contribution in [3.63, 3.8) is 0 Å². The Bertz CT molecular complexity index is 717. The lowest BCUT2D eigenvalue weighted by atomic mass is 10.1. The van der Waals surface area contributed by atoms with Crippen LogP contribution in [-0.2, 0) is 9.59 Å². The SMILES string of the molecule is Cc1ccc(NC(=O)[C@@H](C)SCC(=O)Nc2ccccc2)c(C)c1. The molecule has 2 N–H and O–H groups in total. The van der Waals surface area contributed by atoms with Crippen LogP contribution in [0.4, 0.5) is 11.4 Å². The summed E-state index contributed by atoms with van der Waals surface area (Å²) in [4.78, 5) is 24.2. The van der Waals surface area contributed by atoms with E-state index in [0.29, 0.717) is 0 Å². The second-order valence-electron chi connectivity index (χ2n) is 5.68. The normalized spacial score (nSPS) is 11.6. The van der Waals surface area contributed by atoms with Crippen LogP contribution in [0, 0.1) is 13.8 Å². The molecule has 0 aliphatic heterocycles. The molecule has 24 heavy (non-hydrogen) atoms. The van der Waals surface area contributed by atoms with Crippen molar-refractivity contribution in [2.24, 2.45) is 0 Å². The zero-order chi connectivity index (χ0) is 17.5. The summed E-state index contributed by atoms with van der Waals surface area (Å²) in [5, 5.41) is 5.42. The number of carbonyl (C=O) groups excluding carboxylic acids is 2. The molecule has 0 radical (unpaired) electrons. The van der Waals surface area contributed by atoms with Crippen molar-refractivity contribution in [1.29, 1.82) is 0 Å². The molecule has 0 saturated carbocycles. The molecule has 0 heterocycles. The van der Waals surface area contributed by atoms with Crippen molar-refractivity contribution in [2.75, 3.05) is 16.4 Å². The molecule has 2 aromatic rings. The summed E-state index contributed by atoms with van der Waals surface area (Å²) in [5.41, 5.74) is 3.76. The van der Waals surface area contributed by atoms with Crippen LogP contribution in [-0.4, -0.2) is 22.8 Å². The fraction of sp³-hybridized carbons (Fsp3) is 0.263. The lowest BCUT2D eigenvalue weighted by Crippen LogP contribution is -2.25. The molecule has 0 aliphatic carbocycles. The molecule has 4 nitrogen and oxygen atoms in total. The maximum atomic E-state index is 12.3. The van der Waals surface area contributed by atoms with Gasteiger partial charge in [0, 0.05) is 11.4 Å². The summed E-state index contributed by atoms with van der Waals surface area (Å²) < 4.78 is 0. The van der Waals surface area contributed by atoms with E-state index in [2.05, 4.69) is 10.6 Å². The summed E-state index contributed by atoms with van der Waals surface area (Å²) in [6.07, 6.45) is 0. The van der Waals surface area contributed by atoms with Crippen molar-refractivity contribution in [2.45, 2.75) is 26.0 Å². The Kier molecular flexibility index (Phi) is 6.44. The van der Waals surface area contributed by atoms with Gasteiger partial charge in [-0.15, -0.1) is 11.8 Å². The van der Waals surface area contributed by atoms with Crippen molar-refractivity contribution in [1.82, 2.24) is 0 Å². The van der Waals surface area contributed by atoms with Crippen molar-refractivity contribution >= 4 is 35.0 Å². The van der Waals surface area contributed by atoms with Crippen molar-refractivity contribution in [3.8, 4) is 0 Å². The van der Waals surface area contributed by atoms with Crippen molar-refractivity contribution in [3.05, 3.63) is 59.7 Å². The first-order valence-electron chi connectivity index (χ1n) is 7.80. The van der Waals surface area contributed by atoms with Gasteiger partial charge in [-0.25, -0.2) is 0 Å². The van der Waals surface area contributed by atoms with Crippen LogP contribution in [0.2, 0.25) is 0 Å². The average Bonchev–Trinajstić information content (AvgIpc) is 2.56. The molecule has 0 spiro atoms. The van der Waals surface area contributed by atoms with Gasteiger partial charge in [-0.1, -0.05) is 35.9 Å². The monoisotopic (exact) mass is 342 g/mol. The predicted octanol–water partition coefficient (Wildman–Crippen LogP) is 4.00. The zero-order valence-corrected chi connectivity index (χ0v) is 14.9. The second-order valence-corrected chi connectivity index (χ2v) is 7.00. The number of anilines is 2. The maximum Gasteiger partial charge on any atom is 0.237 e. The quantitative estimate of drug-likeness (QED) is 0.834. The first-order valence-corrected chi connectivity index (χ1v) is 8.85. The molecule has 2 rings (SSSR count). The fourth-order valence-corrected chi connectivity index (χ4v) is 2.87. The molecule has 0 fully saturated rings. The molecule has 0 saturated heterocycles. The minimum atomic E-state index is -0.313. The van der Waals surface area contributed by atoms with Crippen LogP contribution >= 0.6 is 11.8 Å². The molecule has 1 atom stereocenters. The first kappa shape index (κ1) is 18.1. The third-order valence-electron chi connectivity index (χ3n) is 3.53. The van der Waals surface area contributed by atoms with E-state index in [1.165, 1.54) is 11.8 Å². The Morgan fingerprint density at radius 1 is 1.04 bits per heavy atom. The Morgan fingerprint density at radius 3 is 2.42 bits per heavy atom. The lowest BCUT2D eigenvalue weighted by Gasteiger charge is -2.14. The Hall–Kier alpha value is -2.27. The zero-order valence-electron chi connectivity index (χ0n) is 14.1. The van der Waals surface area contributed by atoms with Gasteiger partial charge in [0.25, 0.3) is 0 Å². The molecule has 0 aliphatic rings.